The highest BCUT2D eigenvalue weighted by atomic mass is 15.1. The first-order chi connectivity index (χ1) is 10.1. The Bertz CT molecular complexity index is 575. The van der Waals surface area contributed by atoms with E-state index in [9.17, 15) is 0 Å². The van der Waals surface area contributed by atoms with Gasteiger partial charge in [-0.1, -0.05) is 61.9 Å². The Labute approximate surface area is 128 Å². The summed E-state index contributed by atoms with van der Waals surface area (Å²) in [5, 5.41) is 3.50. The fourth-order valence-corrected chi connectivity index (χ4v) is 2.52. The summed E-state index contributed by atoms with van der Waals surface area (Å²) in [4.78, 5) is 2.33. The molecular weight excluding hydrogens is 256 g/mol. The first-order valence-electron chi connectivity index (χ1n) is 7.64. The van der Waals surface area contributed by atoms with Gasteiger partial charge in [0.25, 0.3) is 0 Å². The van der Waals surface area contributed by atoms with Crippen molar-refractivity contribution in [2.24, 2.45) is 0 Å². The van der Waals surface area contributed by atoms with Crippen LogP contribution in [-0.4, -0.2) is 13.1 Å². The van der Waals surface area contributed by atoms with Gasteiger partial charge >= 0.3 is 0 Å². The predicted molar refractivity (Wildman–Crippen MR) is 91.7 cm³/mol. The lowest BCUT2D eigenvalue weighted by atomic mass is 10.1. The zero-order valence-corrected chi connectivity index (χ0v) is 13.6. The Balaban J connectivity index is 2.13. The van der Waals surface area contributed by atoms with Crippen molar-refractivity contribution in [1.82, 2.24) is 5.32 Å². The third-order valence-electron chi connectivity index (χ3n) is 3.61. The third-order valence-corrected chi connectivity index (χ3v) is 3.61. The molecular formula is C19H26N2. The van der Waals surface area contributed by atoms with Gasteiger partial charge in [-0.2, -0.15) is 0 Å². The van der Waals surface area contributed by atoms with Crippen molar-refractivity contribution in [2.75, 3.05) is 11.9 Å². The van der Waals surface area contributed by atoms with Crippen molar-refractivity contribution in [3.63, 3.8) is 0 Å². The molecule has 1 N–H and O–H groups in total. The largest absolute Gasteiger partial charge is 0.370 e. The number of nitrogens with one attached hydrogen (secondary N) is 1. The van der Waals surface area contributed by atoms with E-state index < -0.39 is 0 Å². The SMILES string of the molecule is Cc1cccc(CN(C)c2ccccc2CNC(C)C)c1. The zero-order chi connectivity index (χ0) is 15.2. The normalized spacial score (nSPS) is 10.9. The molecule has 0 aliphatic carbocycles. The minimum atomic E-state index is 0.500. The molecule has 0 aromatic heterocycles. The van der Waals surface area contributed by atoms with Crippen LogP contribution in [0.3, 0.4) is 0 Å². The molecule has 0 saturated carbocycles. The second kappa shape index (κ2) is 7.28. The Hall–Kier alpha value is -1.80. The summed E-state index contributed by atoms with van der Waals surface area (Å²) in [6.07, 6.45) is 0. The molecule has 0 aliphatic rings. The second-order valence-electron chi connectivity index (χ2n) is 6.01. The highest BCUT2D eigenvalue weighted by Crippen LogP contribution is 2.21. The average molecular weight is 282 g/mol. The number of aryl methyl sites for hydroxylation is 1. The molecule has 0 bridgehead atoms. The van der Waals surface area contributed by atoms with Crippen LogP contribution >= 0.6 is 0 Å². The van der Waals surface area contributed by atoms with Gasteiger partial charge in [-0.15, -0.1) is 0 Å². The van der Waals surface area contributed by atoms with Gasteiger partial charge < -0.3 is 10.2 Å². The first kappa shape index (κ1) is 15.6. The molecule has 2 aromatic rings. The van der Waals surface area contributed by atoms with E-state index in [-0.39, 0.29) is 0 Å². The van der Waals surface area contributed by atoms with Crippen LogP contribution in [-0.2, 0) is 13.1 Å². The highest BCUT2D eigenvalue weighted by molar-refractivity contribution is 5.53. The number of nitrogens with zero attached hydrogens (tertiary/aromatic N) is 1. The maximum Gasteiger partial charge on any atom is 0.0426 e. The maximum atomic E-state index is 3.50. The van der Waals surface area contributed by atoms with E-state index in [1.807, 2.05) is 0 Å². The van der Waals surface area contributed by atoms with E-state index in [1.165, 1.54) is 22.4 Å². The maximum absolute atomic E-state index is 3.50. The molecule has 112 valence electrons. The monoisotopic (exact) mass is 282 g/mol. The van der Waals surface area contributed by atoms with Crippen LogP contribution in [0.1, 0.15) is 30.5 Å². The van der Waals surface area contributed by atoms with Gasteiger partial charge in [0.1, 0.15) is 0 Å². The van der Waals surface area contributed by atoms with Gasteiger partial charge in [-0.25, -0.2) is 0 Å². The lowest BCUT2D eigenvalue weighted by molar-refractivity contribution is 0.588. The summed E-state index contributed by atoms with van der Waals surface area (Å²) in [6.45, 7) is 8.34. The van der Waals surface area contributed by atoms with Gasteiger partial charge in [0.15, 0.2) is 0 Å². The quantitative estimate of drug-likeness (QED) is 0.857. The van der Waals surface area contributed by atoms with Crippen molar-refractivity contribution >= 4 is 5.69 Å². The Morgan fingerprint density at radius 3 is 2.52 bits per heavy atom. The van der Waals surface area contributed by atoms with Crippen LogP contribution in [0.5, 0.6) is 0 Å². The number of benzene rings is 2. The molecule has 21 heavy (non-hydrogen) atoms. The fraction of sp³-hybridized carbons (Fsp3) is 0.368. The minimum absolute atomic E-state index is 0.500. The lowest BCUT2D eigenvalue weighted by Crippen LogP contribution is -2.24. The van der Waals surface area contributed by atoms with Crippen molar-refractivity contribution in [1.29, 1.82) is 0 Å². The van der Waals surface area contributed by atoms with E-state index in [0.29, 0.717) is 6.04 Å². The van der Waals surface area contributed by atoms with Crippen LogP contribution in [0.15, 0.2) is 48.5 Å². The van der Waals surface area contributed by atoms with Gasteiger partial charge in [0, 0.05) is 31.9 Å². The smallest absolute Gasteiger partial charge is 0.0426 e. The third kappa shape index (κ3) is 4.61. The number of hydrogen-bond acceptors (Lipinski definition) is 2. The van der Waals surface area contributed by atoms with Crippen molar-refractivity contribution in [2.45, 2.75) is 39.9 Å². The standard InChI is InChI=1S/C19H26N2/c1-15(2)20-13-18-10-5-6-11-19(18)21(4)14-17-9-7-8-16(3)12-17/h5-12,15,20H,13-14H2,1-4H3. The summed E-state index contributed by atoms with van der Waals surface area (Å²) < 4.78 is 0. The Morgan fingerprint density at radius 1 is 1.05 bits per heavy atom. The van der Waals surface area contributed by atoms with Gasteiger partial charge in [-0.3, -0.25) is 0 Å². The molecule has 0 heterocycles. The molecule has 2 nitrogen and oxygen atoms in total. The van der Waals surface area contributed by atoms with E-state index >= 15 is 0 Å². The number of hydrogen-bond donors (Lipinski definition) is 1. The van der Waals surface area contributed by atoms with Gasteiger partial charge in [0.05, 0.1) is 0 Å². The molecule has 0 fully saturated rings. The van der Waals surface area contributed by atoms with Gasteiger partial charge in [-0.05, 0) is 24.1 Å². The molecule has 2 aromatic carbocycles. The second-order valence-corrected chi connectivity index (χ2v) is 6.01. The number of anilines is 1. The first-order valence-corrected chi connectivity index (χ1v) is 7.64. The van der Waals surface area contributed by atoms with Gasteiger partial charge in [0.2, 0.25) is 0 Å². The van der Waals surface area contributed by atoms with Crippen molar-refractivity contribution in [3.05, 3.63) is 65.2 Å². The summed E-state index contributed by atoms with van der Waals surface area (Å²) in [5.41, 5.74) is 5.31. The molecule has 0 unspecified atom stereocenters. The molecule has 0 saturated heterocycles. The number of rotatable bonds is 6. The predicted octanol–water partition coefficient (Wildman–Crippen LogP) is 4.13. The summed E-state index contributed by atoms with van der Waals surface area (Å²) in [7, 11) is 2.16. The van der Waals surface area contributed by atoms with E-state index in [1.54, 1.807) is 0 Å². The minimum Gasteiger partial charge on any atom is -0.370 e. The van der Waals surface area contributed by atoms with E-state index in [2.05, 4.69) is 86.6 Å². The van der Waals surface area contributed by atoms with Crippen LogP contribution in [0, 0.1) is 6.92 Å². The van der Waals surface area contributed by atoms with Crippen molar-refractivity contribution < 1.29 is 0 Å². The summed E-state index contributed by atoms with van der Waals surface area (Å²) >= 11 is 0. The van der Waals surface area contributed by atoms with Crippen LogP contribution in [0.25, 0.3) is 0 Å². The topological polar surface area (TPSA) is 15.3 Å². The summed E-state index contributed by atoms with van der Waals surface area (Å²) in [6, 6.07) is 17.9. The van der Waals surface area contributed by atoms with E-state index in [0.717, 1.165) is 13.1 Å². The Kier molecular flexibility index (Phi) is 5.40. The average Bonchev–Trinajstić information content (AvgIpc) is 2.45. The molecule has 0 radical (unpaired) electrons. The molecule has 0 atom stereocenters. The number of para-hydroxylation sites is 1. The van der Waals surface area contributed by atoms with Crippen molar-refractivity contribution in [3.8, 4) is 0 Å². The molecule has 0 aliphatic heterocycles. The molecule has 0 amide bonds. The Morgan fingerprint density at radius 2 is 1.81 bits per heavy atom. The van der Waals surface area contributed by atoms with Crippen LogP contribution < -0.4 is 10.2 Å². The van der Waals surface area contributed by atoms with Crippen LogP contribution in [0.2, 0.25) is 0 Å². The molecule has 0 spiro atoms. The highest BCUT2D eigenvalue weighted by Gasteiger charge is 2.08. The van der Waals surface area contributed by atoms with Crippen LogP contribution in [0.4, 0.5) is 5.69 Å². The molecule has 2 rings (SSSR count). The zero-order valence-electron chi connectivity index (χ0n) is 13.6. The van der Waals surface area contributed by atoms with E-state index in [4.69, 9.17) is 0 Å². The molecule has 2 heteroatoms. The summed E-state index contributed by atoms with van der Waals surface area (Å²) in [5.74, 6) is 0. The lowest BCUT2D eigenvalue weighted by Gasteiger charge is -2.23. The fourth-order valence-electron chi connectivity index (χ4n) is 2.52.